The number of ketones is 1. The van der Waals surface area contributed by atoms with E-state index in [9.17, 15) is 9.90 Å². The molecule has 0 radical (unpaired) electrons. The molecule has 1 fully saturated rings. The molecule has 1 saturated heterocycles. The maximum Gasteiger partial charge on any atom is 0.170 e. The fourth-order valence-electron chi connectivity index (χ4n) is 4.20. The van der Waals surface area contributed by atoms with Crippen molar-refractivity contribution < 1.29 is 9.90 Å². The van der Waals surface area contributed by atoms with Gasteiger partial charge in [-0.15, -0.1) is 0 Å². The molecule has 31 heavy (non-hydrogen) atoms. The summed E-state index contributed by atoms with van der Waals surface area (Å²) < 4.78 is 0. The first-order chi connectivity index (χ1) is 15.1. The molecule has 0 amide bonds. The molecular formula is C25H26N4O2. The fourth-order valence-corrected chi connectivity index (χ4v) is 4.20. The number of anilines is 1. The topological polar surface area (TPSA) is 72.5 Å². The maximum absolute atomic E-state index is 12.7. The number of imidazole rings is 1. The van der Waals surface area contributed by atoms with E-state index in [4.69, 9.17) is 4.98 Å². The lowest BCUT2D eigenvalue weighted by Gasteiger charge is -2.34. The van der Waals surface area contributed by atoms with E-state index in [0.29, 0.717) is 17.8 Å². The van der Waals surface area contributed by atoms with Crippen molar-refractivity contribution in [3.8, 4) is 0 Å². The molecule has 5 rings (SSSR count). The van der Waals surface area contributed by atoms with Crippen LogP contribution in [0.2, 0.25) is 0 Å². The van der Waals surface area contributed by atoms with Crippen molar-refractivity contribution in [3.05, 3.63) is 71.6 Å². The highest BCUT2D eigenvalue weighted by Gasteiger charge is 2.21. The van der Waals surface area contributed by atoms with Gasteiger partial charge in [-0.3, -0.25) is 4.79 Å². The third-order valence-electron chi connectivity index (χ3n) is 6.17. The monoisotopic (exact) mass is 414 g/mol. The number of fused-ring (bicyclic) bond motifs is 1. The lowest BCUT2D eigenvalue weighted by Crippen LogP contribution is -2.44. The van der Waals surface area contributed by atoms with Crippen LogP contribution >= 0.6 is 0 Å². The van der Waals surface area contributed by atoms with E-state index in [0.717, 1.165) is 53.9 Å². The molecular weight excluding hydrogens is 388 g/mol. The van der Waals surface area contributed by atoms with Crippen molar-refractivity contribution in [2.24, 2.45) is 0 Å². The number of carbonyl (C=O) groups is 1. The van der Waals surface area contributed by atoms with Crippen molar-refractivity contribution in [1.82, 2.24) is 14.9 Å². The van der Waals surface area contributed by atoms with Crippen molar-refractivity contribution in [1.29, 1.82) is 0 Å². The number of piperazine rings is 1. The Morgan fingerprint density at radius 1 is 1.06 bits per heavy atom. The minimum absolute atomic E-state index is 0.0218. The number of nitrogens with zero attached hydrogens (tertiary/aromatic N) is 3. The molecule has 6 heteroatoms. The van der Waals surface area contributed by atoms with Gasteiger partial charge >= 0.3 is 0 Å². The Balaban J connectivity index is 1.45. The van der Waals surface area contributed by atoms with Crippen LogP contribution < -0.4 is 4.90 Å². The van der Waals surface area contributed by atoms with Crippen LogP contribution in [0.1, 0.15) is 23.4 Å². The van der Waals surface area contributed by atoms with Gasteiger partial charge in [0.05, 0.1) is 23.2 Å². The van der Waals surface area contributed by atoms with Crippen LogP contribution in [0, 0.1) is 0 Å². The third kappa shape index (κ3) is 3.92. The van der Waals surface area contributed by atoms with Gasteiger partial charge < -0.3 is 19.9 Å². The summed E-state index contributed by atoms with van der Waals surface area (Å²) in [5.74, 6) is 0.683. The number of carbonyl (C=O) groups excluding carboxylic acids is 1. The summed E-state index contributed by atoms with van der Waals surface area (Å²) in [5, 5.41) is 9.26. The van der Waals surface area contributed by atoms with Gasteiger partial charge in [0, 0.05) is 38.3 Å². The molecule has 0 spiro atoms. The number of aliphatic hydroxyl groups excluding tert-OH is 1. The summed E-state index contributed by atoms with van der Waals surface area (Å²) in [6.07, 6.45) is 4.22. The number of rotatable bonds is 4. The van der Waals surface area contributed by atoms with Crippen LogP contribution in [0.4, 0.5) is 5.69 Å². The molecule has 0 unspecified atom stereocenters. The Kier molecular flexibility index (Phi) is 5.18. The number of H-pyrrole nitrogens is 1. The highest BCUT2D eigenvalue weighted by atomic mass is 16.3. The third-order valence-corrected chi connectivity index (χ3v) is 6.17. The Bertz CT molecular complexity index is 1180. The van der Waals surface area contributed by atoms with Gasteiger partial charge in [-0.1, -0.05) is 30.3 Å². The summed E-state index contributed by atoms with van der Waals surface area (Å²) in [6, 6.07) is 14.0. The number of hydrogen-bond acceptors (Lipinski definition) is 5. The molecule has 2 aromatic carbocycles. The average molecular weight is 415 g/mol. The van der Waals surface area contributed by atoms with E-state index in [2.05, 4.69) is 34.0 Å². The number of allylic oxidation sites excluding steroid dienone is 4. The second-order valence-corrected chi connectivity index (χ2v) is 8.28. The summed E-state index contributed by atoms with van der Waals surface area (Å²) in [6.45, 7) is 4.16. The van der Waals surface area contributed by atoms with Crippen molar-refractivity contribution in [3.63, 3.8) is 0 Å². The molecule has 2 N–H and O–H groups in total. The summed E-state index contributed by atoms with van der Waals surface area (Å²) >= 11 is 0. The van der Waals surface area contributed by atoms with E-state index in [1.54, 1.807) is 0 Å². The number of nitrogens with one attached hydrogen (secondary N) is 1. The zero-order valence-electron chi connectivity index (χ0n) is 17.6. The van der Waals surface area contributed by atoms with Gasteiger partial charge in [-0.25, -0.2) is 4.98 Å². The van der Waals surface area contributed by atoms with Gasteiger partial charge in [0.1, 0.15) is 5.82 Å². The second kappa shape index (κ2) is 8.13. The SMILES string of the molecule is CN1CCN(c2ccc3nc(C4=CC(c5ccc(CO)cc5)=CCC4=O)[nH]c3c2)CC1. The van der Waals surface area contributed by atoms with Crippen LogP contribution in [0.25, 0.3) is 22.2 Å². The zero-order valence-corrected chi connectivity index (χ0v) is 17.6. The molecule has 158 valence electrons. The minimum atomic E-state index is 0.0218. The molecule has 0 atom stereocenters. The van der Waals surface area contributed by atoms with Crippen LogP contribution in [0.15, 0.2) is 54.6 Å². The molecule has 1 aliphatic heterocycles. The van der Waals surface area contributed by atoms with Crippen molar-refractivity contribution in [2.45, 2.75) is 13.0 Å². The molecule has 0 saturated carbocycles. The molecule has 2 heterocycles. The first-order valence-corrected chi connectivity index (χ1v) is 10.7. The number of aromatic amines is 1. The number of aliphatic hydroxyl groups is 1. The average Bonchev–Trinajstić information content (AvgIpc) is 3.23. The van der Waals surface area contributed by atoms with E-state index in [1.807, 2.05) is 42.5 Å². The largest absolute Gasteiger partial charge is 0.392 e. The molecule has 2 aliphatic rings. The quantitative estimate of drug-likeness (QED) is 0.686. The number of aromatic nitrogens is 2. The van der Waals surface area contributed by atoms with Crippen LogP contribution in [0.3, 0.4) is 0 Å². The number of hydrogen-bond donors (Lipinski definition) is 2. The molecule has 3 aromatic rings. The Labute approximate surface area is 181 Å². The van der Waals surface area contributed by atoms with E-state index < -0.39 is 0 Å². The van der Waals surface area contributed by atoms with Gasteiger partial charge in [-0.2, -0.15) is 0 Å². The van der Waals surface area contributed by atoms with Crippen molar-refractivity contribution in [2.75, 3.05) is 38.1 Å². The highest BCUT2D eigenvalue weighted by molar-refractivity contribution is 6.24. The summed E-state index contributed by atoms with van der Waals surface area (Å²) in [7, 11) is 2.15. The van der Waals surface area contributed by atoms with E-state index in [-0.39, 0.29) is 12.4 Å². The number of benzene rings is 2. The predicted molar refractivity (Wildman–Crippen MR) is 124 cm³/mol. The minimum Gasteiger partial charge on any atom is -0.392 e. The number of Topliss-reactive ketones (excluding diaryl/α,β-unsaturated/α-hetero) is 1. The first kappa shape index (κ1) is 19.7. The van der Waals surface area contributed by atoms with Gasteiger partial charge in [0.25, 0.3) is 0 Å². The normalized spacial score (nSPS) is 17.7. The Hall–Kier alpha value is -3.22. The lowest BCUT2D eigenvalue weighted by molar-refractivity contribution is -0.113. The summed E-state index contributed by atoms with van der Waals surface area (Å²) in [4.78, 5) is 25.5. The second-order valence-electron chi connectivity index (χ2n) is 8.28. The molecule has 1 aliphatic carbocycles. The Morgan fingerprint density at radius 3 is 2.58 bits per heavy atom. The smallest absolute Gasteiger partial charge is 0.170 e. The van der Waals surface area contributed by atoms with Gasteiger partial charge in [-0.05, 0) is 48.0 Å². The van der Waals surface area contributed by atoms with Crippen LogP contribution in [-0.2, 0) is 11.4 Å². The van der Waals surface area contributed by atoms with Crippen LogP contribution in [0.5, 0.6) is 0 Å². The highest BCUT2D eigenvalue weighted by Crippen LogP contribution is 2.30. The Morgan fingerprint density at radius 2 is 1.84 bits per heavy atom. The molecule has 1 aromatic heterocycles. The van der Waals surface area contributed by atoms with Gasteiger partial charge in [0.15, 0.2) is 5.78 Å². The summed E-state index contributed by atoms with van der Waals surface area (Å²) in [5.41, 5.74) is 6.50. The van der Waals surface area contributed by atoms with E-state index >= 15 is 0 Å². The van der Waals surface area contributed by atoms with Gasteiger partial charge in [0.2, 0.25) is 0 Å². The van der Waals surface area contributed by atoms with E-state index in [1.165, 1.54) is 5.69 Å². The zero-order chi connectivity index (χ0) is 21.4. The maximum atomic E-state index is 12.7. The predicted octanol–water partition coefficient (Wildman–Crippen LogP) is 3.25. The van der Waals surface area contributed by atoms with Crippen molar-refractivity contribution >= 4 is 33.7 Å². The lowest BCUT2D eigenvalue weighted by atomic mass is 9.93. The fraction of sp³-hybridized carbons (Fsp3) is 0.280. The standard InChI is InChI=1S/C25H26N4O2/c1-28-10-12-29(13-11-28)20-7-8-22-23(15-20)27-25(26-22)21-14-19(6-9-24(21)31)18-4-2-17(16-30)3-5-18/h2-8,14-15,30H,9-13,16H2,1H3,(H,26,27). The molecule has 6 nitrogen and oxygen atoms in total. The first-order valence-electron chi connectivity index (χ1n) is 10.7. The molecule has 0 bridgehead atoms. The van der Waals surface area contributed by atoms with Crippen LogP contribution in [-0.4, -0.2) is 59.0 Å². The number of likely N-dealkylation sites (N-methyl/N-ethyl adjacent to an activating group) is 1.